The van der Waals surface area contributed by atoms with E-state index in [1.165, 1.54) is 10.4 Å². The summed E-state index contributed by atoms with van der Waals surface area (Å²) in [7, 11) is 1.96. The van der Waals surface area contributed by atoms with Gasteiger partial charge in [-0.1, -0.05) is 31.2 Å². The zero-order valence-corrected chi connectivity index (χ0v) is 12.7. The van der Waals surface area contributed by atoms with Gasteiger partial charge in [-0.25, -0.2) is 0 Å². The molecule has 0 bridgehead atoms. The zero-order valence-electron chi connectivity index (χ0n) is 11.9. The Morgan fingerprint density at radius 1 is 1.25 bits per heavy atom. The van der Waals surface area contributed by atoms with Crippen LogP contribution in [0.5, 0.6) is 0 Å². The molecule has 1 aromatic carbocycles. The normalized spacial score (nSPS) is 10.8. The summed E-state index contributed by atoms with van der Waals surface area (Å²) in [6, 6.07) is 12.1. The molecule has 106 valence electrons. The fourth-order valence-corrected chi connectivity index (χ4v) is 2.89. The second-order valence-corrected chi connectivity index (χ2v) is 5.84. The van der Waals surface area contributed by atoms with Gasteiger partial charge in [0.1, 0.15) is 0 Å². The second kappa shape index (κ2) is 7.22. The predicted octanol–water partition coefficient (Wildman–Crippen LogP) is 3.38. The molecule has 3 nitrogen and oxygen atoms in total. The summed E-state index contributed by atoms with van der Waals surface area (Å²) < 4.78 is 0. The molecular weight excluding hydrogens is 268 g/mol. The van der Waals surface area contributed by atoms with Crippen molar-refractivity contribution < 1.29 is 4.79 Å². The van der Waals surface area contributed by atoms with E-state index < -0.39 is 0 Å². The van der Waals surface area contributed by atoms with E-state index in [1.54, 1.807) is 11.3 Å². The van der Waals surface area contributed by atoms with Crippen molar-refractivity contribution >= 4 is 22.9 Å². The highest BCUT2D eigenvalue weighted by Gasteiger charge is 2.09. The van der Waals surface area contributed by atoms with Crippen molar-refractivity contribution in [2.45, 2.75) is 19.9 Å². The number of carbonyl (C=O) groups is 1. The highest BCUT2D eigenvalue weighted by molar-refractivity contribution is 7.09. The van der Waals surface area contributed by atoms with Gasteiger partial charge in [0.05, 0.1) is 6.54 Å². The lowest BCUT2D eigenvalue weighted by Gasteiger charge is -2.16. The molecule has 1 N–H and O–H groups in total. The molecule has 4 heteroatoms. The smallest absolute Gasteiger partial charge is 0.238 e. The number of likely N-dealkylation sites (N-methyl/N-ethyl adjacent to an activating group) is 1. The third-order valence-electron chi connectivity index (χ3n) is 3.09. The molecule has 0 unspecified atom stereocenters. The van der Waals surface area contributed by atoms with Gasteiger partial charge in [0.2, 0.25) is 5.91 Å². The van der Waals surface area contributed by atoms with Crippen LogP contribution in [0.4, 0.5) is 5.69 Å². The SMILES string of the molecule is CCc1ccccc1NC(=O)CN(C)Cc1cccs1. The highest BCUT2D eigenvalue weighted by Crippen LogP contribution is 2.15. The van der Waals surface area contributed by atoms with Gasteiger partial charge in [-0.05, 0) is 36.5 Å². The summed E-state index contributed by atoms with van der Waals surface area (Å²) in [4.78, 5) is 15.4. The Labute approximate surface area is 124 Å². The van der Waals surface area contributed by atoms with Crippen molar-refractivity contribution in [1.29, 1.82) is 0 Å². The van der Waals surface area contributed by atoms with Crippen molar-refractivity contribution in [3.8, 4) is 0 Å². The van der Waals surface area contributed by atoms with Crippen molar-refractivity contribution in [2.24, 2.45) is 0 Å². The minimum atomic E-state index is 0.0324. The second-order valence-electron chi connectivity index (χ2n) is 4.81. The van der Waals surface area contributed by atoms with Crippen LogP contribution in [0.25, 0.3) is 0 Å². The molecule has 0 saturated heterocycles. The lowest BCUT2D eigenvalue weighted by molar-refractivity contribution is -0.117. The van der Waals surface area contributed by atoms with Crippen LogP contribution in [0.2, 0.25) is 0 Å². The van der Waals surface area contributed by atoms with E-state index in [0.29, 0.717) is 6.54 Å². The molecule has 0 aliphatic rings. The van der Waals surface area contributed by atoms with E-state index >= 15 is 0 Å². The molecule has 1 amide bonds. The molecule has 1 aromatic heterocycles. The van der Waals surface area contributed by atoms with Crippen LogP contribution in [0.1, 0.15) is 17.4 Å². The van der Waals surface area contributed by atoms with Crippen LogP contribution >= 0.6 is 11.3 Å². The molecule has 1 heterocycles. The van der Waals surface area contributed by atoms with E-state index in [9.17, 15) is 4.79 Å². The lowest BCUT2D eigenvalue weighted by atomic mass is 10.1. The van der Waals surface area contributed by atoms with Gasteiger partial charge >= 0.3 is 0 Å². The molecule has 0 fully saturated rings. The van der Waals surface area contributed by atoms with Crippen LogP contribution in [-0.4, -0.2) is 24.4 Å². The molecule has 2 aromatic rings. The van der Waals surface area contributed by atoms with Crippen molar-refractivity contribution in [2.75, 3.05) is 18.9 Å². The lowest BCUT2D eigenvalue weighted by Crippen LogP contribution is -2.29. The van der Waals surface area contributed by atoms with E-state index in [4.69, 9.17) is 0 Å². The van der Waals surface area contributed by atoms with Gasteiger partial charge < -0.3 is 5.32 Å². The van der Waals surface area contributed by atoms with Gasteiger partial charge in [-0.2, -0.15) is 0 Å². The molecule has 0 atom stereocenters. The summed E-state index contributed by atoms with van der Waals surface area (Å²) in [5, 5.41) is 5.05. The third kappa shape index (κ3) is 4.18. The number of nitrogens with zero attached hydrogens (tertiary/aromatic N) is 1. The number of rotatable bonds is 6. The first-order chi connectivity index (χ1) is 9.69. The Kier molecular flexibility index (Phi) is 5.32. The number of hydrogen-bond acceptors (Lipinski definition) is 3. The largest absolute Gasteiger partial charge is 0.325 e. The van der Waals surface area contributed by atoms with Crippen LogP contribution in [0.15, 0.2) is 41.8 Å². The van der Waals surface area contributed by atoms with Crippen LogP contribution < -0.4 is 5.32 Å². The molecule has 0 aliphatic carbocycles. The molecule has 0 spiro atoms. The quantitative estimate of drug-likeness (QED) is 0.884. The highest BCUT2D eigenvalue weighted by atomic mass is 32.1. The number of anilines is 1. The number of nitrogens with one attached hydrogen (secondary N) is 1. The molecule has 20 heavy (non-hydrogen) atoms. The summed E-state index contributed by atoms with van der Waals surface area (Å²) >= 11 is 1.72. The maximum absolute atomic E-state index is 12.1. The monoisotopic (exact) mass is 288 g/mol. The molecule has 2 rings (SSSR count). The van der Waals surface area contributed by atoms with Gasteiger partial charge in [0.15, 0.2) is 0 Å². The fraction of sp³-hybridized carbons (Fsp3) is 0.312. The summed E-state index contributed by atoms with van der Waals surface area (Å²) in [6.07, 6.45) is 0.918. The van der Waals surface area contributed by atoms with E-state index in [-0.39, 0.29) is 5.91 Å². The Morgan fingerprint density at radius 2 is 2.05 bits per heavy atom. The van der Waals surface area contributed by atoms with Gasteiger partial charge in [-0.15, -0.1) is 11.3 Å². The minimum absolute atomic E-state index is 0.0324. The first-order valence-electron chi connectivity index (χ1n) is 6.77. The van der Waals surface area contributed by atoms with Gasteiger partial charge in [0, 0.05) is 17.1 Å². The zero-order chi connectivity index (χ0) is 14.4. The number of amides is 1. The van der Waals surface area contributed by atoms with Crippen molar-refractivity contribution in [3.05, 3.63) is 52.2 Å². The van der Waals surface area contributed by atoms with Crippen molar-refractivity contribution in [1.82, 2.24) is 4.90 Å². The molecule has 0 saturated carbocycles. The van der Waals surface area contributed by atoms with Crippen molar-refractivity contribution in [3.63, 3.8) is 0 Å². The Bertz CT molecular complexity index is 551. The summed E-state index contributed by atoms with van der Waals surface area (Å²) in [5.41, 5.74) is 2.09. The van der Waals surface area contributed by atoms with E-state index in [2.05, 4.69) is 23.7 Å². The number of aryl methyl sites for hydroxylation is 1. The third-order valence-corrected chi connectivity index (χ3v) is 3.95. The van der Waals surface area contributed by atoms with E-state index in [0.717, 1.165) is 18.7 Å². The number of para-hydroxylation sites is 1. The topological polar surface area (TPSA) is 32.3 Å². The molecule has 0 aliphatic heterocycles. The number of benzene rings is 1. The van der Waals surface area contributed by atoms with Crippen LogP contribution in [0, 0.1) is 0 Å². The average molecular weight is 288 g/mol. The number of thiophene rings is 1. The molecule has 0 radical (unpaired) electrons. The average Bonchev–Trinajstić information content (AvgIpc) is 2.91. The predicted molar refractivity (Wildman–Crippen MR) is 85.1 cm³/mol. The Hall–Kier alpha value is -1.65. The first kappa shape index (κ1) is 14.8. The van der Waals surface area contributed by atoms with E-state index in [1.807, 2.05) is 42.3 Å². The molecular formula is C16H20N2OS. The van der Waals surface area contributed by atoms with Gasteiger partial charge in [-0.3, -0.25) is 9.69 Å². The summed E-state index contributed by atoms with van der Waals surface area (Å²) in [6.45, 7) is 3.30. The Morgan fingerprint density at radius 3 is 2.75 bits per heavy atom. The minimum Gasteiger partial charge on any atom is -0.325 e. The van der Waals surface area contributed by atoms with Crippen LogP contribution in [0.3, 0.4) is 0 Å². The number of carbonyl (C=O) groups excluding carboxylic acids is 1. The standard InChI is InChI=1S/C16H20N2OS/c1-3-13-7-4-5-9-15(13)17-16(19)12-18(2)11-14-8-6-10-20-14/h4-10H,3,11-12H2,1-2H3,(H,17,19). The van der Waals surface area contributed by atoms with Gasteiger partial charge in [0.25, 0.3) is 0 Å². The summed E-state index contributed by atoms with van der Waals surface area (Å²) in [5.74, 6) is 0.0324. The maximum atomic E-state index is 12.1. The maximum Gasteiger partial charge on any atom is 0.238 e. The van der Waals surface area contributed by atoms with Crippen LogP contribution in [-0.2, 0) is 17.8 Å². The fourth-order valence-electron chi connectivity index (χ4n) is 2.11. The first-order valence-corrected chi connectivity index (χ1v) is 7.65. The number of hydrogen-bond donors (Lipinski definition) is 1. The Balaban J connectivity index is 1.88.